The van der Waals surface area contributed by atoms with E-state index in [0.717, 1.165) is 35.1 Å². The molecule has 5 rings (SSSR count). The van der Waals surface area contributed by atoms with Crippen molar-refractivity contribution in [2.24, 2.45) is 11.8 Å². The van der Waals surface area contributed by atoms with E-state index in [4.69, 9.17) is 9.84 Å². The standard InChI is InChI=1S/C25H25N5O5/c31-21(32)11-14-9-15(10-14)12-26-23(33)22-27-24(30-29-22)28-25(34)35-13-20-18-7-3-1-5-16(18)17-6-2-4-8-19(17)20/h1-8,14-15,20H,9-13H2,(H,26,33)(H,31,32)(H2,27,28,29,30,34). The summed E-state index contributed by atoms with van der Waals surface area (Å²) in [4.78, 5) is 39.4. The molecule has 4 N–H and O–H groups in total. The fourth-order valence-electron chi connectivity index (χ4n) is 4.92. The second-order valence-electron chi connectivity index (χ2n) is 8.97. The monoisotopic (exact) mass is 475 g/mol. The maximum absolute atomic E-state index is 12.4. The molecule has 0 bridgehead atoms. The molecule has 2 amide bonds. The molecule has 1 heterocycles. The number of rotatable bonds is 8. The second-order valence-corrected chi connectivity index (χ2v) is 8.97. The molecule has 1 saturated carbocycles. The number of carboxylic acid groups (broad SMARTS) is 1. The number of nitrogens with zero attached hydrogens (tertiary/aromatic N) is 2. The number of carbonyl (C=O) groups is 3. The summed E-state index contributed by atoms with van der Waals surface area (Å²) in [5, 5.41) is 20.4. The largest absolute Gasteiger partial charge is 0.481 e. The summed E-state index contributed by atoms with van der Waals surface area (Å²) in [5.74, 6) is -0.964. The van der Waals surface area contributed by atoms with Crippen LogP contribution in [-0.2, 0) is 9.53 Å². The van der Waals surface area contributed by atoms with Crippen LogP contribution < -0.4 is 10.6 Å². The Balaban J connectivity index is 1.11. The molecule has 2 aliphatic rings. The average molecular weight is 476 g/mol. The van der Waals surface area contributed by atoms with Crippen molar-refractivity contribution in [1.82, 2.24) is 20.5 Å². The summed E-state index contributed by atoms with van der Waals surface area (Å²) in [7, 11) is 0. The smallest absolute Gasteiger partial charge is 0.414 e. The van der Waals surface area contributed by atoms with Crippen molar-refractivity contribution in [3.05, 3.63) is 65.5 Å². The van der Waals surface area contributed by atoms with E-state index >= 15 is 0 Å². The molecule has 0 saturated heterocycles. The average Bonchev–Trinajstić information content (AvgIpc) is 3.41. The van der Waals surface area contributed by atoms with Gasteiger partial charge in [-0.1, -0.05) is 48.5 Å². The van der Waals surface area contributed by atoms with Gasteiger partial charge in [0.05, 0.1) is 0 Å². The molecule has 1 aromatic heterocycles. The number of hydrogen-bond acceptors (Lipinski definition) is 6. The molecule has 10 heteroatoms. The molecule has 1 fully saturated rings. The molecule has 0 spiro atoms. The summed E-state index contributed by atoms with van der Waals surface area (Å²) in [5.41, 5.74) is 4.50. The van der Waals surface area contributed by atoms with Crippen LogP contribution in [0.5, 0.6) is 0 Å². The zero-order chi connectivity index (χ0) is 24.4. The first-order chi connectivity index (χ1) is 17.0. The minimum Gasteiger partial charge on any atom is -0.481 e. The molecule has 35 heavy (non-hydrogen) atoms. The maximum atomic E-state index is 12.4. The quantitative estimate of drug-likeness (QED) is 0.390. The molecule has 2 aliphatic carbocycles. The lowest BCUT2D eigenvalue weighted by Gasteiger charge is -2.34. The van der Waals surface area contributed by atoms with Gasteiger partial charge in [-0.3, -0.25) is 20.0 Å². The van der Waals surface area contributed by atoms with E-state index in [-0.39, 0.29) is 42.6 Å². The predicted octanol–water partition coefficient (Wildman–Crippen LogP) is 3.40. The van der Waals surface area contributed by atoms with Crippen molar-refractivity contribution in [2.75, 3.05) is 18.5 Å². The van der Waals surface area contributed by atoms with Crippen LogP contribution in [0.15, 0.2) is 48.5 Å². The first-order valence-electron chi connectivity index (χ1n) is 11.5. The highest BCUT2D eigenvalue weighted by molar-refractivity contribution is 5.91. The van der Waals surface area contributed by atoms with Crippen LogP contribution in [-0.4, -0.2) is 51.4 Å². The van der Waals surface area contributed by atoms with Gasteiger partial charge < -0.3 is 15.2 Å². The maximum Gasteiger partial charge on any atom is 0.414 e. The number of aromatic amines is 1. The van der Waals surface area contributed by atoms with E-state index in [1.807, 2.05) is 36.4 Å². The van der Waals surface area contributed by atoms with Crippen molar-refractivity contribution in [2.45, 2.75) is 25.2 Å². The molecule has 0 atom stereocenters. The Labute approximate surface area is 201 Å². The van der Waals surface area contributed by atoms with E-state index in [0.29, 0.717) is 6.54 Å². The van der Waals surface area contributed by atoms with Crippen LogP contribution in [0.3, 0.4) is 0 Å². The molecular weight excluding hydrogens is 450 g/mol. The molecular formula is C25H25N5O5. The third kappa shape index (κ3) is 4.86. The molecule has 10 nitrogen and oxygen atoms in total. The third-order valence-corrected chi connectivity index (χ3v) is 6.61. The van der Waals surface area contributed by atoms with Crippen LogP contribution >= 0.6 is 0 Å². The molecule has 0 unspecified atom stereocenters. The van der Waals surface area contributed by atoms with Gasteiger partial charge in [-0.25, -0.2) is 4.79 Å². The highest BCUT2D eigenvalue weighted by Gasteiger charge is 2.31. The van der Waals surface area contributed by atoms with Crippen molar-refractivity contribution in [3.63, 3.8) is 0 Å². The van der Waals surface area contributed by atoms with Crippen molar-refractivity contribution < 1.29 is 24.2 Å². The fraction of sp³-hybridized carbons (Fsp3) is 0.320. The second kappa shape index (κ2) is 9.57. The van der Waals surface area contributed by atoms with Crippen LogP contribution in [0, 0.1) is 11.8 Å². The zero-order valence-electron chi connectivity index (χ0n) is 18.9. The summed E-state index contributed by atoms with van der Waals surface area (Å²) in [6.07, 6.45) is 1.00. The van der Waals surface area contributed by atoms with Gasteiger partial charge in [0.15, 0.2) is 0 Å². The molecule has 2 aromatic carbocycles. The Morgan fingerprint density at radius 2 is 1.66 bits per heavy atom. The number of carboxylic acids is 1. The normalized spacial score (nSPS) is 18.2. The number of fused-ring (bicyclic) bond motifs is 3. The van der Waals surface area contributed by atoms with Crippen LogP contribution in [0.25, 0.3) is 11.1 Å². The molecule has 0 aliphatic heterocycles. The Kier molecular flexibility index (Phi) is 6.17. The number of H-pyrrole nitrogens is 1. The number of ether oxygens (including phenoxy) is 1. The molecule has 3 aromatic rings. The molecule has 0 radical (unpaired) electrons. The number of nitrogens with one attached hydrogen (secondary N) is 3. The molecule has 180 valence electrons. The topological polar surface area (TPSA) is 146 Å². The summed E-state index contributed by atoms with van der Waals surface area (Å²) < 4.78 is 5.47. The Morgan fingerprint density at radius 3 is 2.31 bits per heavy atom. The van der Waals surface area contributed by atoms with Crippen molar-refractivity contribution in [3.8, 4) is 11.1 Å². The van der Waals surface area contributed by atoms with Gasteiger partial charge in [-0.2, -0.15) is 4.98 Å². The van der Waals surface area contributed by atoms with Crippen molar-refractivity contribution >= 4 is 23.9 Å². The SMILES string of the molecule is O=C(O)CC1CC(CNC(=O)c2nc(NC(=O)OCC3c4ccccc4-c4ccccc43)n[nH]2)C1. The Morgan fingerprint density at radius 1 is 1.00 bits per heavy atom. The summed E-state index contributed by atoms with van der Waals surface area (Å²) >= 11 is 0. The lowest BCUT2D eigenvalue weighted by Crippen LogP contribution is -2.37. The highest BCUT2D eigenvalue weighted by atomic mass is 16.5. The number of anilines is 1. The van der Waals surface area contributed by atoms with Gasteiger partial charge in [0.25, 0.3) is 11.9 Å². The minimum absolute atomic E-state index is 0.0274. The van der Waals surface area contributed by atoms with Gasteiger partial charge in [-0.05, 0) is 46.9 Å². The van der Waals surface area contributed by atoms with E-state index < -0.39 is 18.0 Å². The third-order valence-electron chi connectivity index (χ3n) is 6.61. The van der Waals surface area contributed by atoms with E-state index in [1.165, 1.54) is 0 Å². The van der Waals surface area contributed by atoms with E-state index in [1.54, 1.807) is 0 Å². The van der Waals surface area contributed by atoms with Gasteiger partial charge in [0.2, 0.25) is 5.82 Å². The number of carbonyl (C=O) groups excluding carboxylic acids is 2. The number of hydrogen-bond donors (Lipinski definition) is 4. The van der Waals surface area contributed by atoms with Crippen LogP contribution in [0.2, 0.25) is 0 Å². The predicted molar refractivity (Wildman–Crippen MR) is 126 cm³/mol. The number of amides is 2. The van der Waals surface area contributed by atoms with E-state index in [9.17, 15) is 14.4 Å². The lowest BCUT2D eigenvalue weighted by molar-refractivity contribution is -0.139. The van der Waals surface area contributed by atoms with E-state index in [2.05, 4.69) is 37.9 Å². The van der Waals surface area contributed by atoms with Gasteiger partial charge >= 0.3 is 12.1 Å². The van der Waals surface area contributed by atoms with Gasteiger partial charge in [0.1, 0.15) is 6.61 Å². The summed E-state index contributed by atoms with van der Waals surface area (Å²) in [6.45, 7) is 0.590. The number of benzene rings is 2. The lowest BCUT2D eigenvalue weighted by atomic mass is 9.73. The first-order valence-corrected chi connectivity index (χ1v) is 11.5. The first kappa shape index (κ1) is 22.6. The number of aliphatic carboxylic acids is 1. The Bertz CT molecular complexity index is 1220. The van der Waals surface area contributed by atoms with Crippen LogP contribution in [0.4, 0.5) is 10.7 Å². The zero-order valence-corrected chi connectivity index (χ0v) is 18.9. The highest BCUT2D eigenvalue weighted by Crippen LogP contribution is 2.44. The fourth-order valence-corrected chi connectivity index (χ4v) is 4.92. The van der Waals surface area contributed by atoms with Gasteiger partial charge in [0, 0.05) is 18.9 Å². The number of aromatic nitrogens is 3. The van der Waals surface area contributed by atoms with Crippen LogP contribution in [0.1, 0.15) is 46.9 Å². The van der Waals surface area contributed by atoms with Gasteiger partial charge in [-0.15, -0.1) is 5.10 Å². The van der Waals surface area contributed by atoms with Crippen molar-refractivity contribution in [1.29, 1.82) is 0 Å². The summed E-state index contributed by atoms with van der Waals surface area (Å²) in [6, 6.07) is 16.1. The minimum atomic E-state index is -0.796. The Hall–Kier alpha value is -4.21.